The Morgan fingerprint density at radius 1 is 1.33 bits per heavy atom. The molecule has 1 aromatic heterocycles. The molecule has 1 saturated heterocycles. The van der Waals surface area contributed by atoms with E-state index in [1.54, 1.807) is 6.07 Å². The van der Waals surface area contributed by atoms with Crippen molar-refractivity contribution in [1.82, 2.24) is 14.9 Å². The van der Waals surface area contributed by atoms with Crippen LogP contribution in [0, 0.1) is 6.92 Å². The van der Waals surface area contributed by atoms with Gasteiger partial charge in [-0.15, -0.1) is 0 Å². The zero-order chi connectivity index (χ0) is 12.7. The fraction of sp³-hybridized carbons (Fsp3) is 0.385. The van der Waals surface area contributed by atoms with Gasteiger partial charge in [-0.25, -0.2) is 9.36 Å². The number of fused-ring (bicyclic) bond motifs is 1. The number of aromatic amines is 1. The second-order valence-electron chi connectivity index (χ2n) is 4.71. The maximum Gasteiger partial charge on any atom is 0.330 e. The van der Waals surface area contributed by atoms with E-state index >= 15 is 0 Å². The lowest BCUT2D eigenvalue weighted by Crippen LogP contribution is -2.41. The van der Waals surface area contributed by atoms with Crippen molar-refractivity contribution in [3.63, 3.8) is 0 Å². The second kappa shape index (κ2) is 4.10. The quantitative estimate of drug-likeness (QED) is 0.783. The molecule has 0 saturated carbocycles. The summed E-state index contributed by atoms with van der Waals surface area (Å²) in [6, 6.07) is 5.48. The average Bonchev–Trinajstić information content (AvgIpc) is 2.84. The molecule has 1 unspecified atom stereocenters. The number of rotatable bonds is 1. The maximum atomic E-state index is 12.4. The van der Waals surface area contributed by atoms with Gasteiger partial charge in [-0.05, 0) is 37.9 Å². The van der Waals surface area contributed by atoms with Crippen molar-refractivity contribution in [2.45, 2.75) is 25.9 Å². The SMILES string of the molecule is Cc1cccc2c(=O)n(C3CCCN3)c(=O)[nH]c12. The van der Waals surface area contributed by atoms with Crippen molar-refractivity contribution in [1.29, 1.82) is 0 Å². The summed E-state index contributed by atoms with van der Waals surface area (Å²) in [4.78, 5) is 27.3. The summed E-state index contributed by atoms with van der Waals surface area (Å²) in [5.74, 6) is 0. The zero-order valence-electron chi connectivity index (χ0n) is 10.2. The summed E-state index contributed by atoms with van der Waals surface area (Å²) >= 11 is 0. The number of nitrogens with zero attached hydrogens (tertiary/aromatic N) is 1. The summed E-state index contributed by atoms with van der Waals surface area (Å²) in [6.45, 7) is 2.73. The molecule has 3 rings (SSSR count). The zero-order valence-corrected chi connectivity index (χ0v) is 10.2. The molecule has 0 aliphatic carbocycles. The van der Waals surface area contributed by atoms with Crippen LogP contribution >= 0.6 is 0 Å². The van der Waals surface area contributed by atoms with E-state index in [9.17, 15) is 9.59 Å². The number of para-hydroxylation sites is 1. The average molecular weight is 245 g/mol. The third-order valence-corrected chi connectivity index (χ3v) is 3.52. The first-order valence-corrected chi connectivity index (χ1v) is 6.16. The fourth-order valence-electron chi connectivity index (χ4n) is 2.57. The fourth-order valence-corrected chi connectivity index (χ4v) is 2.57. The highest BCUT2D eigenvalue weighted by Crippen LogP contribution is 2.15. The molecule has 2 heterocycles. The monoisotopic (exact) mass is 245 g/mol. The molecule has 94 valence electrons. The number of hydrogen-bond donors (Lipinski definition) is 2. The summed E-state index contributed by atoms with van der Waals surface area (Å²) in [5.41, 5.74) is 1.01. The minimum atomic E-state index is -0.332. The molecule has 0 bridgehead atoms. The van der Waals surface area contributed by atoms with Crippen molar-refractivity contribution in [3.05, 3.63) is 44.6 Å². The molecule has 1 aromatic carbocycles. The Balaban J connectivity index is 2.34. The molecule has 18 heavy (non-hydrogen) atoms. The van der Waals surface area contributed by atoms with Crippen molar-refractivity contribution in [2.24, 2.45) is 0 Å². The number of nitrogens with one attached hydrogen (secondary N) is 2. The Morgan fingerprint density at radius 2 is 2.17 bits per heavy atom. The van der Waals surface area contributed by atoms with Gasteiger partial charge in [0.15, 0.2) is 0 Å². The van der Waals surface area contributed by atoms with Crippen LogP contribution in [-0.2, 0) is 0 Å². The van der Waals surface area contributed by atoms with Crippen LogP contribution < -0.4 is 16.6 Å². The Bertz CT molecular complexity index is 708. The van der Waals surface area contributed by atoms with E-state index in [0.29, 0.717) is 10.9 Å². The van der Waals surface area contributed by atoms with E-state index in [0.717, 1.165) is 24.9 Å². The second-order valence-corrected chi connectivity index (χ2v) is 4.71. The normalized spacial score (nSPS) is 19.5. The van der Waals surface area contributed by atoms with E-state index in [1.807, 2.05) is 19.1 Å². The van der Waals surface area contributed by atoms with Gasteiger partial charge in [-0.3, -0.25) is 10.1 Å². The molecular formula is C13H15N3O2. The van der Waals surface area contributed by atoms with Crippen molar-refractivity contribution in [3.8, 4) is 0 Å². The molecule has 5 heteroatoms. The van der Waals surface area contributed by atoms with Crippen molar-refractivity contribution >= 4 is 10.9 Å². The van der Waals surface area contributed by atoms with Crippen LogP contribution in [0.2, 0.25) is 0 Å². The summed E-state index contributed by atoms with van der Waals surface area (Å²) in [7, 11) is 0. The van der Waals surface area contributed by atoms with Gasteiger partial charge >= 0.3 is 5.69 Å². The minimum absolute atomic E-state index is 0.175. The summed E-state index contributed by atoms with van der Waals surface area (Å²) in [5, 5.41) is 3.75. The van der Waals surface area contributed by atoms with Crippen LogP contribution in [0.3, 0.4) is 0 Å². The molecule has 0 radical (unpaired) electrons. The van der Waals surface area contributed by atoms with Crippen LogP contribution in [0.25, 0.3) is 10.9 Å². The topological polar surface area (TPSA) is 66.9 Å². The Kier molecular flexibility index (Phi) is 2.56. The number of aryl methyl sites for hydroxylation is 1. The van der Waals surface area contributed by atoms with E-state index in [1.165, 1.54) is 4.57 Å². The van der Waals surface area contributed by atoms with Gasteiger partial charge in [0.05, 0.1) is 17.1 Å². The first kappa shape index (κ1) is 11.2. The van der Waals surface area contributed by atoms with E-state index in [2.05, 4.69) is 10.3 Å². The summed E-state index contributed by atoms with van der Waals surface area (Å²) in [6.07, 6.45) is 1.63. The van der Waals surface area contributed by atoms with Gasteiger partial charge in [0.1, 0.15) is 0 Å². The Labute approximate surface area is 103 Å². The van der Waals surface area contributed by atoms with E-state index in [-0.39, 0.29) is 17.4 Å². The molecule has 1 atom stereocenters. The first-order valence-electron chi connectivity index (χ1n) is 6.16. The Hall–Kier alpha value is -1.88. The lowest BCUT2D eigenvalue weighted by molar-refractivity contribution is 0.439. The molecule has 1 aliphatic heterocycles. The van der Waals surface area contributed by atoms with Gasteiger partial charge in [-0.2, -0.15) is 0 Å². The highest BCUT2D eigenvalue weighted by atomic mass is 16.2. The Morgan fingerprint density at radius 3 is 2.89 bits per heavy atom. The predicted molar refractivity (Wildman–Crippen MR) is 69.8 cm³/mol. The standard InChI is InChI=1S/C13H15N3O2/c1-8-4-2-5-9-11(8)15-13(18)16(12(9)17)10-6-3-7-14-10/h2,4-5,10,14H,3,6-7H2,1H3,(H,15,18). The molecule has 1 aliphatic rings. The van der Waals surface area contributed by atoms with Crippen LogP contribution in [-0.4, -0.2) is 16.1 Å². The lowest BCUT2D eigenvalue weighted by Gasteiger charge is -2.14. The molecule has 0 spiro atoms. The third-order valence-electron chi connectivity index (χ3n) is 3.52. The molecule has 5 nitrogen and oxygen atoms in total. The molecular weight excluding hydrogens is 230 g/mol. The van der Waals surface area contributed by atoms with Gasteiger partial charge in [-0.1, -0.05) is 12.1 Å². The maximum absolute atomic E-state index is 12.4. The van der Waals surface area contributed by atoms with Crippen LogP contribution in [0.4, 0.5) is 0 Å². The molecule has 2 aromatic rings. The lowest BCUT2D eigenvalue weighted by atomic mass is 10.1. The number of benzene rings is 1. The van der Waals surface area contributed by atoms with Crippen LogP contribution in [0.1, 0.15) is 24.6 Å². The molecule has 1 fully saturated rings. The highest BCUT2D eigenvalue weighted by molar-refractivity contribution is 5.80. The first-order chi connectivity index (χ1) is 8.68. The third kappa shape index (κ3) is 1.59. The van der Waals surface area contributed by atoms with Crippen molar-refractivity contribution < 1.29 is 0 Å². The van der Waals surface area contributed by atoms with Gasteiger partial charge in [0.25, 0.3) is 5.56 Å². The number of H-pyrrole nitrogens is 1. The largest absolute Gasteiger partial charge is 0.330 e. The van der Waals surface area contributed by atoms with Crippen molar-refractivity contribution in [2.75, 3.05) is 6.54 Å². The molecule has 0 amide bonds. The highest BCUT2D eigenvalue weighted by Gasteiger charge is 2.20. The predicted octanol–water partition coefficient (Wildman–Crippen LogP) is 0.880. The number of aromatic nitrogens is 2. The van der Waals surface area contributed by atoms with Crippen LogP contribution in [0.15, 0.2) is 27.8 Å². The van der Waals surface area contributed by atoms with Crippen LogP contribution in [0.5, 0.6) is 0 Å². The van der Waals surface area contributed by atoms with Gasteiger partial charge < -0.3 is 4.98 Å². The van der Waals surface area contributed by atoms with E-state index < -0.39 is 0 Å². The smallest absolute Gasteiger partial charge is 0.306 e. The minimum Gasteiger partial charge on any atom is -0.306 e. The summed E-state index contributed by atoms with van der Waals surface area (Å²) < 4.78 is 1.30. The number of hydrogen-bond acceptors (Lipinski definition) is 3. The van der Waals surface area contributed by atoms with Gasteiger partial charge in [0, 0.05) is 0 Å². The molecule has 2 N–H and O–H groups in total. The van der Waals surface area contributed by atoms with Gasteiger partial charge in [0.2, 0.25) is 0 Å². The van der Waals surface area contributed by atoms with E-state index in [4.69, 9.17) is 0 Å².